The van der Waals surface area contributed by atoms with Gasteiger partial charge in [0.2, 0.25) is 0 Å². The largest absolute Gasteiger partial charge is 1.00 e. The number of allylic oxidation sites excluding steroid dienone is 16. The average molecular weight is 1100 g/mol. The summed E-state index contributed by atoms with van der Waals surface area (Å²) in [5, 5.41) is 7.36. The van der Waals surface area contributed by atoms with Crippen LogP contribution in [0.2, 0.25) is 72.5 Å². The van der Waals surface area contributed by atoms with Gasteiger partial charge in [-0.1, -0.05) is 297 Å². The first-order valence-corrected chi connectivity index (χ1v) is 39.3. The van der Waals surface area contributed by atoms with Crippen LogP contribution in [-0.2, 0) is 43.4 Å². The van der Waals surface area contributed by atoms with Gasteiger partial charge < -0.3 is 24.8 Å². The molecule has 0 aromatic heterocycles. The van der Waals surface area contributed by atoms with Gasteiger partial charge in [-0.15, -0.1) is 0 Å². The predicted octanol–water partition coefficient (Wildman–Crippen LogP) is 14.9. The van der Waals surface area contributed by atoms with E-state index in [1.807, 2.05) is 20.8 Å². The minimum atomic E-state index is -0.906. The normalized spacial score (nSPS) is 21.3. The van der Waals surface area contributed by atoms with Crippen molar-refractivity contribution >= 4 is 32.3 Å². The van der Waals surface area contributed by atoms with Crippen LogP contribution in [0.1, 0.15) is 209 Å². The maximum atomic E-state index is 2.61. The Morgan fingerprint density at radius 2 is 0.500 bits per heavy atom. The molecular formula is C60H104Cl2Si4Ti2-2. The van der Waals surface area contributed by atoms with Crippen LogP contribution in [0, 0.1) is 0 Å². The van der Waals surface area contributed by atoms with Crippen LogP contribution in [0.25, 0.3) is 0 Å². The molecule has 8 rings (SSSR count). The van der Waals surface area contributed by atoms with Crippen LogP contribution >= 0.6 is 0 Å². The van der Waals surface area contributed by atoms with Crippen LogP contribution in [-0.4, -0.2) is 32.3 Å². The van der Waals surface area contributed by atoms with Crippen LogP contribution in [0.4, 0.5) is 0 Å². The van der Waals surface area contributed by atoms with Gasteiger partial charge in [-0.3, -0.25) is 0 Å². The number of rotatable bonds is 24. The van der Waals surface area contributed by atoms with Crippen molar-refractivity contribution in [2.24, 2.45) is 0 Å². The summed E-state index contributed by atoms with van der Waals surface area (Å²) in [5.41, 5.74) is 6.91. The van der Waals surface area contributed by atoms with Crippen molar-refractivity contribution < 1.29 is 68.2 Å². The van der Waals surface area contributed by atoms with Crippen molar-refractivity contribution in [3.8, 4) is 0 Å². The quantitative estimate of drug-likeness (QED) is 0.0845. The van der Waals surface area contributed by atoms with Gasteiger partial charge in [0.15, 0.2) is 0 Å². The monoisotopic (exact) mass is 1100 g/mol. The van der Waals surface area contributed by atoms with Crippen molar-refractivity contribution in [3.05, 3.63) is 91.7 Å². The van der Waals surface area contributed by atoms with Gasteiger partial charge in [-0.05, 0) is 77.0 Å². The molecule has 4 fully saturated rings. The number of hydrogen-bond acceptors (Lipinski definition) is 0. The van der Waals surface area contributed by atoms with E-state index in [1.165, 1.54) is 154 Å². The fourth-order valence-corrected chi connectivity index (χ4v) is 31.5. The van der Waals surface area contributed by atoms with E-state index in [4.69, 9.17) is 0 Å². The third-order valence-electron chi connectivity index (χ3n) is 17.8. The second-order valence-corrected chi connectivity index (χ2v) is 41.2. The van der Waals surface area contributed by atoms with Crippen LogP contribution in [0.5, 0.6) is 0 Å². The smallest absolute Gasteiger partial charge is 0.0862 e. The third-order valence-corrected chi connectivity index (χ3v) is 40.4. The van der Waals surface area contributed by atoms with Crippen LogP contribution < -0.4 is 24.8 Å². The van der Waals surface area contributed by atoms with Crippen molar-refractivity contribution in [1.29, 1.82) is 0 Å². The molecular weight excluding hydrogens is 1000 g/mol. The molecule has 0 amide bonds. The predicted molar refractivity (Wildman–Crippen MR) is 302 cm³/mol. The summed E-state index contributed by atoms with van der Waals surface area (Å²) in [7, 11) is -3.62. The summed E-state index contributed by atoms with van der Waals surface area (Å²) < 4.78 is 0. The Balaban J connectivity index is 0.000000445. The molecule has 4 heterocycles. The SMILES string of the molecule is CCCCC1=CC([Si]2(CCC)CCC2)=CC1.CCCCC1=CC([Si]2(CCC)CCC2)=CC1.CCCCC1=CC([Si]2(CCC)CCC2)=CC1.CCCCC1=CC([Si]2(CCC)CCC2)=CC1.[Cl-].[Cl-].[Ti].[Ti]. The van der Waals surface area contributed by atoms with Crippen molar-refractivity contribution in [3.63, 3.8) is 0 Å². The number of unbranched alkanes of at least 4 members (excludes halogenated alkanes) is 4. The minimum absolute atomic E-state index is 0. The molecule has 0 radical (unpaired) electrons. The first kappa shape index (κ1) is 66.8. The zero-order valence-corrected chi connectivity index (χ0v) is 54.5. The van der Waals surface area contributed by atoms with Gasteiger partial charge >= 0.3 is 0 Å². The first-order valence-electron chi connectivity index (χ1n) is 28.8. The van der Waals surface area contributed by atoms with Crippen LogP contribution in [0.3, 0.4) is 0 Å². The Hall–Kier alpha value is 0.796. The van der Waals surface area contributed by atoms with E-state index in [2.05, 4.69) is 104 Å². The Morgan fingerprint density at radius 3 is 0.632 bits per heavy atom. The summed E-state index contributed by atoms with van der Waals surface area (Å²) in [6, 6.07) is 18.9. The standard InChI is InChI=1S/4C15H26Si.2ClH.2Ti/c4*1-3-5-7-14-8-9-15(13-14)16(10-4-2)11-6-12-16;;;;/h4*9,13H,3-8,10-12H2,1-2H3;2*1H;;/p-2. The summed E-state index contributed by atoms with van der Waals surface area (Å²) in [6.07, 6.45) is 53.9. The molecule has 4 aliphatic heterocycles. The van der Waals surface area contributed by atoms with Crippen LogP contribution in [0.15, 0.2) is 91.7 Å². The molecule has 0 bridgehead atoms. The molecule has 0 unspecified atom stereocenters. The Bertz CT molecular complexity index is 1450. The second-order valence-electron chi connectivity index (χ2n) is 22.6. The van der Waals surface area contributed by atoms with Gasteiger partial charge in [0.1, 0.15) is 0 Å². The van der Waals surface area contributed by atoms with E-state index in [1.54, 1.807) is 94.8 Å². The first-order chi connectivity index (χ1) is 31.2. The zero-order valence-electron chi connectivity index (χ0n) is 45.8. The summed E-state index contributed by atoms with van der Waals surface area (Å²) in [4.78, 5) is 0. The van der Waals surface area contributed by atoms with E-state index in [-0.39, 0.29) is 68.2 Å². The summed E-state index contributed by atoms with van der Waals surface area (Å²) in [5.74, 6) is 0. The molecule has 0 N–H and O–H groups in total. The Morgan fingerprint density at radius 1 is 0.309 bits per heavy atom. The maximum Gasteiger partial charge on any atom is 0.0862 e. The molecule has 4 aliphatic carbocycles. The third kappa shape index (κ3) is 18.6. The number of hydrogen-bond donors (Lipinski definition) is 0. The fourth-order valence-electron chi connectivity index (χ4n) is 13.2. The Kier molecular flexibility index (Phi) is 34.5. The van der Waals surface area contributed by atoms with Gasteiger partial charge in [-0.25, -0.2) is 0 Å². The Labute approximate surface area is 470 Å². The van der Waals surface area contributed by atoms with Gasteiger partial charge in [0, 0.05) is 43.4 Å². The van der Waals surface area contributed by atoms with E-state index < -0.39 is 32.3 Å². The average Bonchev–Trinajstić information content (AvgIpc) is 4.10. The maximum absolute atomic E-state index is 2.61. The molecule has 0 nitrogen and oxygen atoms in total. The molecule has 0 aromatic rings. The van der Waals surface area contributed by atoms with Crippen molar-refractivity contribution in [2.45, 2.75) is 282 Å². The zero-order chi connectivity index (χ0) is 45.7. The minimum Gasteiger partial charge on any atom is -1.00 e. The number of halogens is 2. The molecule has 0 aromatic carbocycles. The van der Waals surface area contributed by atoms with E-state index in [0.29, 0.717) is 0 Å². The summed E-state index contributed by atoms with van der Waals surface area (Å²) >= 11 is 0. The van der Waals surface area contributed by atoms with Crippen molar-refractivity contribution in [1.82, 2.24) is 0 Å². The van der Waals surface area contributed by atoms with Gasteiger partial charge in [0.05, 0.1) is 32.3 Å². The van der Waals surface area contributed by atoms with E-state index in [9.17, 15) is 0 Å². The summed E-state index contributed by atoms with van der Waals surface area (Å²) in [6.45, 7) is 18.6. The van der Waals surface area contributed by atoms with Gasteiger partial charge in [-0.2, -0.15) is 0 Å². The molecule has 4 saturated heterocycles. The van der Waals surface area contributed by atoms with Crippen molar-refractivity contribution in [2.75, 3.05) is 0 Å². The van der Waals surface area contributed by atoms with E-state index in [0.717, 1.165) is 0 Å². The molecule has 384 valence electrons. The molecule has 0 atom stereocenters. The molecule has 8 heteroatoms. The van der Waals surface area contributed by atoms with Gasteiger partial charge in [0.25, 0.3) is 0 Å². The molecule has 8 aliphatic rings. The van der Waals surface area contributed by atoms with E-state index >= 15 is 0 Å². The topological polar surface area (TPSA) is 0 Å². The molecule has 68 heavy (non-hydrogen) atoms. The molecule has 0 saturated carbocycles. The second kappa shape index (κ2) is 35.1. The molecule has 0 spiro atoms. The fraction of sp³-hybridized carbons (Fsp3) is 0.733.